The summed E-state index contributed by atoms with van der Waals surface area (Å²) in [5.74, 6) is 0. The van der Waals surface area contributed by atoms with Crippen molar-refractivity contribution in [2.45, 2.75) is 13.3 Å². The zero-order valence-corrected chi connectivity index (χ0v) is 12.8. The van der Waals surface area contributed by atoms with E-state index in [0.717, 1.165) is 34.6 Å². The fourth-order valence-corrected chi connectivity index (χ4v) is 2.56. The van der Waals surface area contributed by atoms with Gasteiger partial charge in [0.05, 0.1) is 0 Å². The third-order valence-electron chi connectivity index (χ3n) is 3.64. The number of nitrogens with zero attached hydrogens (tertiary/aromatic N) is 1. The Kier molecular flexibility index (Phi) is 4.49. The first kappa shape index (κ1) is 14.9. The van der Waals surface area contributed by atoms with Crippen molar-refractivity contribution in [2.24, 2.45) is 0 Å². The minimum absolute atomic E-state index is 0.872. The second-order valence-electron chi connectivity index (χ2n) is 4.87. The smallest absolute Gasteiger partial charge is 0.0485 e. The van der Waals surface area contributed by atoms with E-state index in [-0.39, 0.29) is 0 Å². The highest BCUT2D eigenvalue weighted by molar-refractivity contribution is 5.70. The Morgan fingerprint density at radius 3 is 2.48 bits per heavy atom. The number of rotatable bonds is 5. The molecule has 21 heavy (non-hydrogen) atoms. The number of nitrogens with one attached hydrogen (secondary N) is 1. The molecule has 1 N–H and O–H groups in total. The second kappa shape index (κ2) is 6.31. The molecule has 2 rings (SSSR count). The first-order valence-corrected chi connectivity index (χ1v) is 7.12. The molecule has 1 aromatic rings. The number of para-hydroxylation sites is 1. The lowest BCUT2D eigenvalue weighted by Gasteiger charge is -2.35. The first-order chi connectivity index (χ1) is 10.1. The fourth-order valence-electron chi connectivity index (χ4n) is 2.56. The molecule has 0 saturated heterocycles. The van der Waals surface area contributed by atoms with Crippen LogP contribution in [-0.4, -0.2) is 7.05 Å². The van der Waals surface area contributed by atoms with Crippen LogP contribution in [0.3, 0.4) is 0 Å². The number of hydrogen-bond donors (Lipinski definition) is 1. The lowest BCUT2D eigenvalue weighted by Crippen LogP contribution is -2.28. The molecule has 0 unspecified atom stereocenters. The van der Waals surface area contributed by atoms with E-state index >= 15 is 0 Å². The Morgan fingerprint density at radius 1 is 1.29 bits per heavy atom. The summed E-state index contributed by atoms with van der Waals surface area (Å²) in [4.78, 5) is 2.19. The zero-order valence-electron chi connectivity index (χ0n) is 12.8. The maximum atomic E-state index is 4.30. The summed E-state index contributed by atoms with van der Waals surface area (Å²) >= 11 is 0. The van der Waals surface area contributed by atoms with E-state index in [1.54, 1.807) is 6.08 Å². The number of hydrogen-bond acceptors (Lipinski definition) is 2. The Bertz CT molecular complexity index is 633. The van der Waals surface area contributed by atoms with E-state index in [0.29, 0.717) is 0 Å². The third-order valence-corrected chi connectivity index (χ3v) is 3.64. The van der Waals surface area contributed by atoms with Crippen molar-refractivity contribution in [3.63, 3.8) is 0 Å². The highest BCUT2D eigenvalue weighted by atomic mass is 15.2. The Hall–Kier alpha value is -2.48. The van der Waals surface area contributed by atoms with E-state index in [4.69, 9.17) is 0 Å². The quantitative estimate of drug-likeness (QED) is 0.796. The van der Waals surface area contributed by atoms with Crippen LogP contribution in [0.15, 0.2) is 90.5 Å². The molecule has 0 spiro atoms. The molecule has 0 bridgehead atoms. The van der Waals surface area contributed by atoms with Gasteiger partial charge in [0.25, 0.3) is 0 Å². The molecule has 1 heterocycles. The van der Waals surface area contributed by atoms with Crippen molar-refractivity contribution in [1.82, 2.24) is 5.32 Å². The van der Waals surface area contributed by atoms with Crippen LogP contribution < -0.4 is 10.2 Å². The van der Waals surface area contributed by atoms with Crippen LogP contribution in [0, 0.1) is 0 Å². The average molecular weight is 278 g/mol. The van der Waals surface area contributed by atoms with Gasteiger partial charge in [0.15, 0.2) is 0 Å². The normalized spacial score (nSPS) is 14.9. The van der Waals surface area contributed by atoms with Crippen LogP contribution in [0.25, 0.3) is 0 Å². The minimum Gasteiger partial charge on any atom is -0.388 e. The third kappa shape index (κ3) is 2.70. The predicted octanol–water partition coefficient (Wildman–Crippen LogP) is 4.53. The van der Waals surface area contributed by atoms with Crippen LogP contribution in [0.5, 0.6) is 0 Å². The van der Waals surface area contributed by atoms with E-state index in [1.807, 2.05) is 25.2 Å². The molecule has 2 nitrogen and oxygen atoms in total. The Morgan fingerprint density at radius 2 is 1.95 bits per heavy atom. The maximum Gasteiger partial charge on any atom is 0.0485 e. The predicted molar refractivity (Wildman–Crippen MR) is 91.9 cm³/mol. The molecule has 2 heteroatoms. The van der Waals surface area contributed by atoms with Gasteiger partial charge in [-0.15, -0.1) is 0 Å². The van der Waals surface area contributed by atoms with Gasteiger partial charge in [-0.2, -0.15) is 0 Å². The largest absolute Gasteiger partial charge is 0.388 e. The van der Waals surface area contributed by atoms with Crippen molar-refractivity contribution < 1.29 is 0 Å². The monoisotopic (exact) mass is 278 g/mol. The first-order valence-electron chi connectivity index (χ1n) is 7.12. The van der Waals surface area contributed by atoms with Gasteiger partial charge < -0.3 is 10.2 Å². The summed E-state index contributed by atoms with van der Waals surface area (Å²) in [6.07, 6.45) is 4.85. The molecule has 0 fully saturated rings. The average Bonchev–Trinajstić information content (AvgIpc) is 2.53. The van der Waals surface area contributed by atoms with Gasteiger partial charge >= 0.3 is 0 Å². The number of anilines is 1. The second-order valence-corrected chi connectivity index (χ2v) is 4.87. The van der Waals surface area contributed by atoms with Gasteiger partial charge in [-0.3, -0.25) is 0 Å². The van der Waals surface area contributed by atoms with Crippen LogP contribution >= 0.6 is 0 Å². The molecule has 1 aliphatic heterocycles. The molecular formula is C19H22N2. The molecule has 1 aromatic carbocycles. The Labute approximate surface area is 127 Å². The van der Waals surface area contributed by atoms with Crippen LogP contribution in [0.4, 0.5) is 5.69 Å². The van der Waals surface area contributed by atoms with Gasteiger partial charge in [0.1, 0.15) is 0 Å². The highest BCUT2D eigenvalue weighted by Gasteiger charge is 2.24. The van der Waals surface area contributed by atoms with E-state index < -0.39 is 0 Å². The molecule has 0 saturated carbocycles. The van der Waals surface area contributed by atoms with Crippen molar-refractivity contribution in [2.75, 3.05) is 11.9 Å². The molecule has 0 atom stereocenters. The lowest BCUT2D eigenvalue weighted by molar-refractivity contribution is 0.908. The van der Waals surface area contributed by atoms with E-state index in [1.165, 1.54) is 5.70 Å². The number of likely N-dealkylation sites (N-methyl/N-ethyl adjacent to an activating group) is 1. The molecule has 0 aromatic heterocycles. The van der Waals surface area contributed by atoms with E-state index in [2.05, 4.69) is 55.1 Å². The standard InChI is InChI=1S/C19H22N2/c1-6-14(3)19-15(4)21(17-11-9-8-10-12-17)16(7-2)13-18(19)20-5/h6,8-13,20H,1,3-4,7H2,2,5H3. The van der Waals surface area contributed by atoms with Gasteiger partial charge in [-0.1, -0.05) is 50.9 Å². The Balaban J connectivity index is 2.59. The van der Waals surface area contributed by atoms with Crippen LogP contribution in [-0.2, 0) is 0 Å². The SMILES string of the molecule is C=CC(=C)C1=C(NC)C=C(CC)N(c2ccccc2)C1=C. The molecule has 108 valence electrons. The maximum absolute atomic E-state index is 4.30. The molecular weight excluding hydrogens is 256 g/mol. The minimum atomic E-state index is 0.872. The fraction of sp³-hybridized carbons (Fsp3) is 0.158. The molecule has 0 radical (unpaired) electrons. The molecule has 0 amide bonds. The lowest BCUT2D eigenvalue weighted by atomic mass is 9.95. The number of allylic oxidation sites excluding steroid dienone is 4. The van der Waals surface area contributed by atoms with Crippen molar-refractivity contribution in [1.29, 1.82) is 0 Å². The summed E-state index contributed by atoms with van der Waals surface area (Å²) in [5.41, 5.74) is 6.16. The summed E-state index contributed by atoms with van der Waals surface area (Å²) in [5, 5.41) is 3.24. The van der Waals surface area contributed by atoms with Gasteiger partial charge in [0, 0.05) is 35.4 Å². The number of benzene rings is 1. The van der Waals surface area contributed by atoms with Crippen LogP contribution in [0.2, 0.25) is 0 Å². The van der Waals surface area contributed by atoms with E-state index in [9.17, 15) is 0 Å². The van der Waals surface area contributed by atoms with Crippen molar-refractivity contribution >= 4 is 5.69 Å². The molecule has 1 aliphatic rings. The van der Waals surface area contributed by atoms with Crippen molar-refractivity contribution in [3.8, 4) is 0 Å². The van der Waals surface area contributed by atoms with Gasteiger partial charge in [0.2, 0.25) is 0 Å². The summed E-state index contributed by atoms with van der Waals surface area (Å²) in [7, 11) is 1.92. The van der Waals surface area contributed by atoms with Gasteiger partial charge in [-0.25, -0.2) is 0 Å². The van der Waals surface area contributed by atoms with Crippen molar-refractivity contribution in [3.05, 3.63) is 90.5 Å². The highest BCUT2D eigenvalue weighted by Crippen LogP contribution is 2.36. The van der Waals surface area contributed by atoms with Crippen LogP contribution in [0.1, 0.15) is 13.3 Å². The summed E-state index contributed by atoms with van der Waals surface area (Å²) < 4.78 is 0. The van der Waals surface area contributed by atoms with Gasteiger partial charge in [-0.05, 0) is 30.2 Å². The molecule has 0 aliphatic carbocycles. The summed E-state index contributed by atoms with van der Waals surface area (Å²) in [6.45, 7) is 14.4. The summed E-state index contributed by atoms with van der Waals surface area (Å²) in [6, 6.07) is 10.3. The topological polar surface area (TPSA) is 15.3 Å². The zero-order chi connectivity index (χ0) is 15.4.